The van der Waals surface area contributed by atoms with Crippen LogP contribution in [0.2, 0.25) is 10.0 Å². The van der Waals surface area contributed by atoms with Crippen LogP contribution in [0.25, 0.3) is 16.7 Å². The Morgan fingerprint density at radius 3 is 2.64 bits per heavy atom. The van der Waals surface area contributed by atoms with Crippen molar-refractivity contribution in [2.45, 2.75) is 20.1 Å². The van der Waals surface area contributed by atoms with E-state index in [1.807, 2.05) is 42.1 Å². The maximum Gasteiger partial charge on any atom is 0.159 e. The first-order chi connectivity index (χ1) is 13.6. The summed E-state index contributed by atoms with van der Waals surface area (Å²) in [6.07, 6.45) is 5.95. The van der Waals surface area contributed by atoms with Crippen LogP contribution in [0.1, 0.15) is 18.2 Å². The second kappa shape index (κ2) is 7.91. The number of benzene rings is 1. The summed E-state index contributed by atoms with van der Waals surface area (Å²) in [5, 5.41) is 6.08. The van der Waals surface area contributed by atoms with Gasteiger partial charge in [-0.05, 0) is 36.8 Å². The summed E-state index contributed by atoms with van der Waals surface area (Å²) in [4.78, 5) is 4.49. The first-order valence-electron chi connectivity index (χ1n) is 8.76. The maximum absolute atomic E-state index is 13.5. The van der Waals surface area contributed by atoms with Gasteiger partial charge in [0.1, 0.15) is 12.5 Å². The summed E-state index contributed by atoms with van der Waals surface area (Å²) >= 11 is 12.4. The highest BCUT2D eigenvalue weighted by molar-refractivity contribution is 6.36. The molecule has 0 atom stereocenters. The van der Waals surface area contributed by atoms with Crippen molar-refractivity contribution >= 4 is 34.1 Å². The summed E-state index contributed by atoms with van der Waals surface area (Å²) < 4.78 is 22.6. The van der Waals surface area contributed by atoms with Crippen molar-refractivity contribution in [2.75, 3.05) is 6.61 Å². The monoisotopic (exact) mass is 418 g/mol. The molecule has 0 unspecified atom stereocenters. The van der Waals surface area contributed by atoms with E-state index in [0.29, 0.717) is 25.3 Å². The van der Waals surface area contributed by atoms with Crippen LogP contribution in [0.15, 0.2) is 48.9 Å². The van der Waals surface area contributed by atoms with Crippen molar-refractivity contribution in [3.05, 3.63) is 76.0 Å². The predicted molar refractivity (Wildman–Crippen MR) is 108 cm³/mol. The normalized spacial score (nSPS) is 11.4. The molecule has 0 radical (unpaired) electrons. The van der Waals surface area contributed by atoms with E-state index in [1.54, 1.807) is 10.9 Å². The lowest BCUT2D eigenvalue weighted by molar-refractivity contribution is 0.0791. The molecule has 28 heavy (non-hydrogen) atoms. The van der Waals surface area contributed by atoms with Crippen LogP contribution < -0.4 is 0 Å². The molecule has 0 fully saturated rings. The minimum Gasteiger partial charge on any atom is -0.360 e. The van der Waals surface area contributed by atoms with Crippen LogP contribution in [0, 0.1) is 5.82 Å². The van der Waals surface area contributed by atoms with Crippen molar-refractivity contribution < 1.29 is 9.13 Å². The second-order valence-electron chi connectivity index (χ2n) is 6.24. The summed E-state index contributed by atoms with van der Waals surface area (Å²) in [6.45, 7) is 2.98. The fraction of sp³-hybridized carbons (Fsp3) is 0.200. The third-order valence-corrected chi connectivity index (χ3v) is 5.13. The van der Waals surface area contributed by atoms with Gasteiger partial charge >= 0.3 is 0 Å². The third-order valence-electron chi connectivity index (χ3n) is 4.45. The number of ether oxygens (including phenoxy) is 1. The van der Waals surface area contributed by atoms with Crippen LogP contribution in [0.5, 0.6) is 0 Å². The number of pyridine rings is 1. The number of nitrogens with zero attached hydrogens (tertiary/aromatic N) is 4. The Morgan fingerprint density at radius 1 is 1.11 bits per heavy atom. The summed E-state index contributed by atoms with van der Waals surface area (Å²) in [5.74, 6) is 0.323. The van der Waals surface area contributed by atoms with E-state index in [4.69, 9.17) is 27.9 Å². The minimum atomic E-state index is -0.460. The van der Waals surface area contributed by atoms with Crippen molar-refractivity contribution in [3.63, 3.8) is 0 Å². The Bertz CT molecular complexity index is 1120. The molecule has 4 aromatic rings. The quantitative estimate of drug-likeness (QED) is 0.429. The molecule has 0 bridgehead atoms. The molecule has 0 aliphatic heterocycles. The van der Waals surface area contributed by atoms with Crippen LogP contribution in [-0.4, -0.2) is 25.9 Å². The van der Waals surface area contributed by atoms with E-state index >= 15 is 0 Å². The predicted octanol–water partition coefficient (Wildman–Crippen LogP) is 5.25. The summed E-state index contributed by atoms with van der Waals surface area (Å²) in [6, 6.07) is 8.35. The number of fused-ring (bicyclic) bond motifs is 1. The van der Waals surface area contributed by atoms with E-state index in [9.17, 15) is 4.39 Å². The van der Waals surface area contributed by atoms with Gasteiger partial charge in [0.2, 0.25) is 0 Å². The highest BCUT2D eigenvalue weighted by Gasteiger charge is 2.14. The van der Waals surface area contributed by atoms with Crippen LogP contribution in [0.3, 0.4) is 0 Å². The Kier molecular flexibility index (Phi) is 5.35. The minimum absolute atomic E-state index is 0.290. The SMILES string of the molecule is CCOCn1ccc(-n2ccc3c(Cc4c(Cl)cc(F)cc4Cl)nccc32)n1. The standard InChI is InChI=1S/C20H17Cl2FN4O/c1-2-28-12-26-7-5-20(25-26)27-8-4-14-18(24-6-3-19(14)27)11-15-16(21)9-13(23)10-17(15)22/h3-10H,2,11-12H2,1H3. The van der Waals surface area contributed by atoms with Gasteiger partial charge in [-0.15, -0.1) is 0 Å². The molecule has 0 aliphatic carbocycles. The van der Waals surface area contributed by atoms with E-state index < -0.39 is 5.82 Å². The fourth-order valence-electron chi connectivity index (χ4n) is 3.11. The third kappa shape index (κ3) is 3.63. The van der Waals surface area contributed by atoms with Crippen LogP contribution in [-0.2, 0) is 17.9 Å². The zero-order valence-electron chi connectivity index (χ0n) is 15.1. The highest BCUT2D eigenvalue weighted by atomic mass is 35.5. The topological polar surface area (TPSA) is 44.9 Å². The molecule has 4 rings (SSSR count). The molecule has 0 N–H and O–H groups in total. The number of rotatable bonds is 6. The zero-order valence-corrected chi connectivity index (χ0v) is 16.6. The number of hydrogen-bond donors (Lipinski definition) is 0. The molecule has 0 saturated heterocycles. The lowest BCUT2D eigenvalue weighted by Gasteiger charge is -2.09. The van der Waals surface area contributed by atoms with Gasteiger partial charge in [-0.2, -0.15) is 5.10 Å². The number of aromatic nitrogens is 4. The Labute approximate surface area is 171 Å². The lowest BCUT2D eigenvalue weighted by atomic mass is 10.1. The molecular weight excluding hydrogens is 402 g/mol. The molecule has 5 nitrogen and oxygen atoms in total. The Hall–Kier alpha value is -2.41. The number of halogens is 3. The smallest absolute Gasteiger partial charge is 0.159 e. The average Bonchev–Trinajstić information content (AvgIpc) is 3.29. The summed E-state index contributed by atoms with van der Waals surface area (Å²) in [7, 11) is 0. The molecular formula is C20H17Cl2FN4O. The first-order valence-corrected chi connectivity index (χ1v) is 9.52. The van der Waals surface area contributed by atoms with E-state index in [-0.39, 0.29) is 10.0 Å². The molecule has 1 aromatic carbocycles. The molecule has 8 heteroatoms. The Morgan fingerprint density at radius 2 is 1.89 bits per heavy atom. The van der Waals surface area contributed by atoms with Gasteiger partial charge in [-0.1, -0.05) is 23.2 Å². The first kappa shape index (κ1) is 18.9. The van der Waals surface area contributed by atoms with Gasteiger partial charge in [0.15, 0.2) is 5.82 Å². The zero-order chi connectivity index (χ0) is 19.7. The molecule has 3 aromatic heterocycles. The largest absolute Gasteiger partial charge is 0.360 e. The van der Waals surface area contributed by atoms with Crippen LogP contribution in [0.4, 0.5) is 4.39 Å². The molecule has 0 spiro atoms. The van der Waals surface area contributed by atoms with Gasteiger partial charge in [0.05, 0.1) is 11.2 Å². The van der Waals surface area contributed by atoms with E-state index in [2.05, 4.69) is 10.1 Å². The van der Waals surface area contributed by atoms with Gasteiger partial charge < -0.3 is 4.74 Å². The average molecular weight is 419 g/mol. The second-order valence-corrected chi connectivity index (χ2v) is 7.05. The molecule has 0 amide bonds. The van der Waals surface area contributed by atoms with Gasteiger partial charge in [0, 0.05) is 53.1 Å². The van der Waals surface area contributed by atoms with Gasteiger partial charge in [-0.25, -0.2) is 9.07 Å². The Balaban J connectivity index is 1.70. The van der Waals surface area contributed by atoms with Crippen molar-refractivity contribution in [1.82, 2.24) is 19.3 Å². The van der Waals surface area contributed by atoms with Crippen molar-refractivity contribution in [2.24, 2.45) is 0 Å². The number of hydrogen-bond acceptors (Lipinski definition) is 3. The highest BCUT2D eigenvalue weighted by Crippen LogP contribution is 2.30. The lowest BCUT2D eigenvalue weighted by Crippen LogP contribution is -2.04. The summed E-state index contributed by atoms with van der Waals surface area (Å²) in [5.41, 5.74) is 2.42. The van der Waals surface area contributed by atoms with Crippen LogP contribution >= 0.6 is 23.2 Å². The van der Waals surface area contributed by atoms with E-state index in [1.165, 1.54) is 12.1 Å². The molecule has 0 aliphatic rings. The molecule has 3 heterocycles. The van der Waals surface area contributed by atoms with Crippen molar-refractivity contribution in [1.29, 1.82) is 0 Å². The van der Waals surface area contributed by atoms with Gasteiger partial charge in [-0.3, -0.25) is 9.55 Å². The maximum atomic E-state index is 13.5. The molecule has 144 valence electrons. The van der Waals surface area contributed by atoms with E-state index in [0.717, 1.165) is 22.4 Å². The molecule has 0 saturated carbocycles. The fourth-order valence-corrected chi connectivity index (χ4v) is 3.71. The van der Waals surface area contributed by atoms with Crippen molar-refractivity contribution in [3.8, 4) is 5.82 Å². The van der Waals surface area contributed by atoms with Gasteiger partial charge in [0.25, 0.3) is 0 Å².